The molecule has 1 aromatic heterocycles. The molecule has 7 nitrogen and oxygen atoms in total. The highest BCUT2D eigenvalue weighted by Crippen LogP contribution is 2.37. The average molecular weight is 424 g/mol. The van der Waals surface area contributed by atoms with Gasteiger partial charge in [0.05, 0.1) is 11.5 Å². The molecule has 8 heteroatoms. The molecule has 30 heavy (non-hydrogen) atoms. The number of ether oxygens (including phenoxy) is 1. The van der Waals surface area contributed by atoms with Gasteiger partial charge in [-0.3, -0.25) is 14.9 Å². The van der Waals surface area contributed by atoms with E-state index in [1.54, 1.807) is 12.3 Å². The summed E-state index contributed by atoms with van der Waals surface area (Å²) in [5.41, 5.74) is 3.92. The Kier molecular flexibility index (Phi) is 6.27. The van der Waals surface area contributed by atoms with Crippen molar-refractivity contribution in [2.45, 2.75) is 20.8 Å². The van der Waals surface area contributed by atoms with Crippen molar-refractivity contribution in [1.29, 1.82) is 0 Å². The summed E-state index contributed by atoms with van der Waals surface area (Å²) < 4.78 is 5.21. The summed E-state index contributed by atoms with van der Waals surface area (Å²) in [6.45, 7) is 5.89. The van der Waals surface area contributed by atoms with Gasteiger partial charge < -0.3 is 10.1 Å². The Morgan fingerprint density at radius 3 is 2.57 bits per heavy atom. The number of nitrogens with zero attached hydrogens (tertiary/aromatic N) is 1. The molecule has 2 aromatic carbocycles. The number of thiophene rings is 1. The first-order valence-corrected chi connectivity index (χ1v) is 10.1. The van der Waals surface area contributed by atoms with E-state index in [4.69, 9.17) is 4.74 Å². The van der Waals surface area contributed by atoms with Crippen LogP contribution in [0, 0.1) is 24.0 Å². The zero-order valence-electron chi connectivity index (χ0n) is 16.7. The number of aryl methyl sites for hydroxylation is 2. The lowest BCUT2D eigenvalue weighted by Gasteiger charge is -2.10. The zero-order valence-corrected chi connectivity index (χ0v) is 17.5. The second kappa shape index (κ2) is 8.87. The van der Waals surface area contributed by atoms with Crippen molar-refractivity contribution in [3.8, 4) is 11.1 Å². The molecule has 0 saturated heterocycles. The number of nitrogens with one attached hydrogen (secondary N) is 1. The topological polar surface area (TPSA) is 98.5 Å². The first-order valence-electron chi connectivity index (χ1n) is 9.23. The number of hydrogen-bond donors (Lipinski definition) is 1. The number of hydrogen-bond acceptors (Lipinski definition) is 6. The van der Waals surface area contributed by atoms with Gasteiger partial charge >= 0.3 is 5.97 Å². The first-order chi connectivity index (χ1) is 14.3. The largest absolute Gasteiger partial charge is 0.462 e. The van der Waals surface area contributed by atoms with Gasteiger partial charge in [0.25, 0.3) is 11.6 Å². The molecule has 0 spiro atoms. The fourth-order valence-electron chi connectivity index (χ4n) is 2.91. The van der Waals surface area contributed by atoms with Crippen molar-refractivity contribution in [3.63, 3.8) is 0 Å². The molecule has 3 rings (SSSR count). The van der Waals surface area contributed by atoms with E-state index in [0.29, 0.717) is 10.6 Å². The molecule has 0 saturated carbocycles. The van der Waals surface area contributed by atoms with E-state index in [1.807, 2.05) is 32.0 Å². The van der Waals surface area contributed by atoms with Crippen LogP contribution >= 0.6 is 11.3 Å². The van der Waals surface area contributed by atoms with Crippen molar-refractivity contribution < 1.29 is 19.2 Å². The first kappa shape index (κ1) is 21.2. The third-order valence-corrected chi connectivity index (χ3v) is 5.53. The normalized spacial score (nSPS) is 10.5. The number of nitro groups is 1. The number of carbonyl (C=O) groups is 2. The maximum Gasteiger partial charge on any atom is 0.341 e. The molecule has 1 heterocycles. The van der Waals surface area contributed by atoms with Gasteiger partial charge in [-0.2, -0.15) is 0 Å². The fourth-order valence-corrected chi connectivity index (χ4v) is 3.87. The van der Waals surface area contributed by atoms with Crippen LogP contribution in [0.1, 0.15) is 38.8 Å². The Hall–Kier alpha value is -3.52. The van der Waals surface area contributed by atoms with Crippen LogP contribution in [-0.4, -0.2) is 23.4 Å². The van der Waals surface area contributed by atoms with Crippen LogP contribution in [0.3, 0.4) is 0 Å². The monoisotopic (exact) mass is 424 g/mol. The second-order valence-electron chi connectivity index (χ2n) is 6.63. The predicted octanol–water partition coefficient (Wildman–Crippen LogP) is 5.37. The van der Waals surface area contributed by atoms with E-state index >= 15 is 0 Å². The van der Waals surface area contributed by atoms with Crippen LogP contribution in [0.2, 0.25) is 0 Å². The number of benzene rings is 2. The summed E-state index contributed by atoms with van der Waals surface area (Å²) in [4.78, 5) is 35.8. The van der Waals surface area contributed by atoms with Crippen molar-refractivity contribution in [2.24, 2.45) is 0 Å². The van der Waals surface area contributed by atoms with Gasteiger partial charge in [0.2, 0.25) is 0 Å². The molecule has 1 amide bonds. The lowest BCUT2D eigenvalue weighted by molar-refractivity contribution is -0.384. The van der Waals surface area contributed by atoms with E-state index in [2.05, 4.69) is 5.32 Å². The number of esters is 1. The van der Waals surface area contributed by atoms with Gasteiger partial charge in [-0.15, -0.1) is 11.3 Å². The van der Waals surface area contributed by atoms with E-state index in [1.165, 1.54) is 35.6 Å². The van der Waals surface area contributed by atoms with Crippen LogP contribution in [0.5, 0.6) is 0 Å². The Balaban J connectivity index is 2.00. The summed E-state index contributed by atoms with van der Waals surface area (Å²) in [6.07, 6.45) is 0. The van der Waals surface area contributed by atoms with Crippen LogP contribution < -0.4 is 5.32 Å². The van der Waals surface area contributed by atoms with Gasteiger partial charge in [0.15, 0.2) is 0 Å². The second-order valence-corrected chi connectivity index (χ2v) is 7.51. The van der Waals surface area contributed by atoms with Crippen molar-refractivity contribution in [3.05, 3.63) is 80.2 Å². The Morgan fingerprint density at radius 1 is 1.13 bits per heavy atom. The van der Waals surface area contributed by atoms with Crippen molar-refractivity contribution >= 4 is 33.9 Å². The minimum Gasteiger partial charge on any atom is -0.462 e. The average Bonchev–Trinajstić information content (AvgIpc) is 3.13. The fraction of sp³-hybridized carbons (Fsp3) is 0.182. The van der Waals surface area contributed by atoms with Gasteiger partial charge in [0.1, 0.15) is 10.6 Å². The van der Waals surface area contributed by atoms with E-state index < -0.39 is 16.8 Å². The van der Waals surface area contributed by atoms with Crippen molar-refractivity contribution in [2.75, 3.05) is 11.9 Å². The SMILES string of the molecule is CCOC(=O)c1c(-c2ccc(C)c(C)c2)csc1NC(=O)c1cccc([N+](=O)[O-])c1. The van der Waals surface area contributed by atoms with Crippen LogP contribution in [-0.2, 0) is 4.74 Å². The zero-order chi connectivity index (χ0) is 21.8. The number of anilines is 1. The Labute approximate surface area is 177 Å². The standard InChI is InChI=1S/C22H20N2O5S/c1-4-29-22(26)19-18(15-9-8-13(2)14(3)10-15)12-30-21(19)23-20(25)16-6-5-7-17(11-16)24(27)28/h5-12H,4H2,1-3H3,(H,23,25). The van der Waals surface area contributed by atoms with Gasteiger partial charge in [-0.05, 0) is 43.5 Å². The number of rotatable bonds is 6. The molecule has 0 fully saturated rings. The van der Waals surface area contributed by atoms with E-state index in [9.17, 15) is 19.7 Å². The molecular weight excluding hydrogens is 404 g/mol. The van der Waals surface area contributed by atoms with Crippen LogP contribution in [0.4, 0.5) is 10.7 Å². The number of nitro benzene ring substituents is 1. The number of carbonyl (C=O) groups excluding carboxylic acids is 2. The molecule has 0 aliphatic carbocycles. The predicted molar refractivity (Wildman–Crippen MR) is 116 cm³/mol. The van der Waals surface area contributed by atoms with Crippen LogP contribution in [0.25, 0.3) is 11.1 Å². The quantitative estimate of drug-likeness (QED) is 0.326. The maximum absolute atomic E-state index is 12.7. The van der Waals surface area contributed by atoms with E-state index in [0.717, 1.165) is 16.7 Å². The van der Waals surface area contributed by atoms with Crippen molar-refractivity contribution in [1.82, 2.24) is 0 Å². The minimum atomic E-state index is -0.566. The van der Waals surface area contributed by atoms with Gasteiger partial charge in [-0.25, -0.2) is 4.79 Å². The molecule has 154 valence electrons. The highest BCUT2D eigenvalue weighted by Gasteiger charge is 2.23. The molecule has 0 aliphatic heterocycles. The molecule has 1 N–H and O–H groups in total. The number of non-ortho nitro benzene ring substituents is 1. The molecule has 0 atom stereocenters. The van der Waals surface area contributed by atoms with Gasteiger partial charge in [-0.1, -0.05) is 24.3 Å². The van der Waals surface area contributed by atoms with Crippen LogP contribution in [0.15, 0.2) is 47.8 Å². The Morgan fingerprint density at radius 2 is 1.90 bits per heavy atom. The molecular formula is C22H20N2O5S. The summed E-state index contributed by atoms with van der Waals surface area (Å²) in [6, 6.07) is 11.3. The molecule has 3 aromatic rings. The summed E-state index contributed by atoms with van der Waals surface area (Å²) in [5, 5.41) is 15.8. The summed E-state index contributed by atoms with van der Waals surface area (Å²) >= 11 is 1.20. The summed E-state index contributed by atoms with van der Waals surface area (Å²) in [5.74, 6) is -1.08. The Bertz CT molecular complexity index is 1140. The maximum atomic E-state index is 12.7. The molecule has 0 bridgehead atoms. The molecule has 0 aliphatic rings. The highest BCUT2D eigenvalue weighted by molar-refractivity contribution is 7.15. The van der Waals surface area contributed by atoms with Gasteiger partial charge in [0, 0.05) is 28.6 Å². The molecule has 0 radical (unpaired) electrons. The third kappa shape index (κ3) is 4.38. The minimum absolute atomic E-state index is 0.125. The number of amides is 1. The third-order valence-electron chi connectivity index (χ3n) is 4.63. The highest BCUT2D eigenvalue weighted by atomic mass is 32.1. The lowest BCUT2D eigenvalue weighted by Crippen LogP contribution is -2.15. The molecule has 0 unspecified atom stereocenters. The lowest BCUT2D eigenvalue weighted by atomic mass is 9.99. The summed E-state index contributed by atoms with van der Waals surface area (Å²) in [7, 11) is 0. The smallest absolute Gasteiger partial charge is 0.341 e. The van der Waals surface area contributed by atoms with E-state index in [-0.39, 0.29) is 23.4 Å².